The van der Waals surface area contributed by atoms with Gasteiger partial charge in [0.25, 0.3) is 5.91 Å². The van der Waals surface area contributed by atoms with E-state index in [9.17, 15) is 15.0 Å². The van der Waals surface area contributed by atoms with Crippen LogP contribution in [0.25, 0.3) is 0 Å². The number of phenols is 2. The summed E-state index contributed by atoms with van der Waals surface area (Å²) in [5.41, 5.74) is 0.410. The summed E-state index contributed by atoms with van der Waals surface area (Å²) in [5, 5.41) is 21.8. The molecule has 1 saturated heterocycles. The number of nitrogens with zero attached hydrogens (tertiary/aromatic N) is 1. The third-order valence-electron chi connectivity index (χ3n) is 3.30. The largest absolute Gasteiger partial charge is 0.504 e. The van der Waals surface area contributed by atoms with E-state index in [4.69, 9.17) is 0 Å². The molecule has 0 bridgehead atoms. The standard InChI is InChI=1S/C13H18N2O3/c1-14-8-10-3-2-6-15(10)13(18)9-4-5-11(16)12(17)7-9/h4-5,7,10,14,16-17H,2-3,6,8H2,1H3. The minimum absolute atomic E-state index is 0.0944. The molecule has 1 unspecified atom stereocenters. The molecule has 2 rings (SSSR count). The topological polar surface area (TPSA) is 72.8 Å². The lowest BCUT2D eigenvalue weighted by Gasteiger charge is -2.24. The average Bonchev–Trinajstić information content (AvgIpc) is 2.80. The normalized spacial score (nSPS) is 19.2. The first-order chi connectivity index (χ1) is 8.63. The summed E-state index contributed by atoms with van der Waals surface area (Å²) in [4.78, 5) is 14.1. The maximum Gasteiger partial charge on any atom is 0.254 e. The molecule has 1 heterocycles. The highest BCUT2D eigenvalue weighted by atomic mass is 16.3. The molecule has 1 aliphatic heterocycles. The molecule has 0 spiro atoms. The van der Waals surface area contributed by atoms with Gasteiger partial charge in [0.15, 0.2) is 11.5 Å². The fraction of sp³-hybridized carbons (Fsp3) is 0.462. The smallest absolute Gasteiger partial charge is 0.254 e. The van der Waals surface area contributed by atoms with Crippen LogP contribution in [0.3, 0.4) is 0 Å². The van der Waals surface area contributed by atoms with E-state index >= 15 is 0 Å². The summed E-state index contributed by atoms with van der Waals surface area (Å²) in [7, 11) is 1.87. The quantitative estimate of drug-likeness (QED) is 0.698. The highest BCUT2D eigenvalue weighted by molar-refractivity contribution is 5.95. The Morgan fingerprint density at radius 2 is 2.22 bits per heavy atom. The van der Waals surface area contributed by atoms with Gasteiger partial charge in [-0.3, -0.25) is 4.79 Å². The van der Waals surface area contributed by atoms with Crippen LogP contribution in [0.5, 0.6) is 11.5 Å². The summed E-state index contributed by atoms with van der Waals surface area (Å²) in [6.07, 6.45) is 2.00. The van der Waals surface area contributed by atoms with Gasteiger partial charge in [0.05, 0.1) is 0 Å². The van der Waals surface area contributed by atoms with E-state index in [1.165, 1.54) is 18.2 Å². The Bertz CT molecular complexity index is 448. The monoisotopic (exact) mass is 250 g/mol. The number of hydrogen-bond acceptors (Lipinski definition) is 4. The van der Waals surface area contributed by atoms with Crippen LogP contribution >= 0.6 is 0 Å². The Morgan fingerprint density at radius 1 is 1.44 bits per heavy atom. The van der Waals surface area contributed by atoms with Crippen molar-refractivity contribution < 1.29 is 15.0 Å². The van der Waals surface area contributed by atoms with Gasteiger partial charge in [-0.05, 0) is 38.1 Å². The van der Waals surface area contributed by atoms with Crippen LogP contribution in [0.15, 0.2) is 18.2 Å². The molecular formula is C13H18N2O3. The van der Waals surface area contributed by atoms with Gasteiger partial charge in [0.1, 0.15) is 0 Å². The van der Waals surface area contributed by atoms with Gasteiger partial charge in [-0.15, -0.1) is 0 Å². The van der Waals surface area contributed by atoms with Crippen molar-refractivity contribution in [3.8, 4) is 11.5 Å². The third-order valence-corrected chi connectivity index (χ3v) is 3.30. The molecular weight excluding hydrogens is 232 g/mol. The van der Waals surface area contributed by atoms with E-state index in [0.717, 1.165) is 25.9 Å². The molecule has 1 aromatic carbocycles. The average molecular weight is 250 g/mol. The second kappa shape index (κ2) is 5.27. The summed E-state index contributed by atoms with van der Waals surface area (Å²) < 4.78 is 0. The molecule has 0 aromatic heterocycles. The van der Waals surface area contributed by atoms with Crippen LogP contribution in [0.4, 0.5) is 0 Å². The molecule has 1 amide bonds. The zero-order valence-corrected chi connectivity index (χ0v) is 10.4. The number of benzene rings is 1. The fourth-order valence-electron chi connectivity index (χ4n) is 2.37. The van der Waals surface area contributed by atoms with Crippen LogP contribution in [0.1, 0.15) is 23.2 Å². The van der Waals surface area contributed by atoms with Crippen LogP contribution in [-0.2, 0) is 0 Å². The van der Waals surface area contributed by atoms with Gasteiger partial charge in [-0.1, -0.05) is 0 Å². The number of aromatic hydroxyl groups is 2. The van der Waals surface area contributed by atoms with E-state index in [-0.39, 0.29) is 23.4 Å². The molecule has 5 heteroatoms. The molecule has 1 aromatic rings. The van der Waals surface area contributed by atoms with Crippen molar-refractivity contribution in [1.29, 1.82) is 0 Å². The van der Waals surface area contributed by atoms with Gasteiger partial charge >= 0.3 is 0 Å². The second-order valence-electron chi connectivity index (χ2n) is 4.56. The van der Waals surface area contributed by atoms with Crippen LogP contribution in [0.2, 0.25) is 0 Å². The van der Waals surface area contributed by atoms with Crippen molar-refractivity contribution in [2.45, 2.75) is 18.9 Å². The van der Waals surface area contributed by atoms with E-state index in [1.807, 2.05) is 11.9 Å². The Hall–Kier alpha value is -1.75. The van der Waals surface area contributed by atoms with Crippen molar-refractivity contribution in [3.05, 3.63) is 23.8 Å². The zero-order valence-electron chi connectivity index (χ0n) is 10.4. The lowest BCUT2D eigenvalue weighted by molar-refractivity contribution is 0.0736. The number of likely N-dealkylation sites (tertiary alicyclic amines) is 1. The minimum Gasteiger partial charge on any atom is -0.504 e. The van der Waals surface area contributed by atoms with Gasteiger partial charge in [-0.25, -0.2) is 0 Å². The Balaban J connectivity index is 2.17. The van der Waals surface area contributed by atoms with E-state index < -0.39 is 0 Å². The summed E-state index contributed by atoms with van der Waals surface area (Å²) in [5.74, 6) is -0.562. The molecule has 0 aliphatic carbocycles. The lowest BCUT2D eigenvalue weighted by atomic mass is 10.1. The number of likely N-dealkylation sites (N-methyl/N-ethyl adjacent to an activating group) is 1. The third kappa shape index (κ3) is 2.41. The van der Waals surface area contributed by atoms with E-state index in [2.05, 4.69) is 5.32 Å². The van der Waals surface area contributed by atoms with Crippen molar-refractivity contribution in [2.75, 3.05) is 20.1 Å². The maximum atomic E-state index is 12.3. The molecule has 1 atom stereocenters. The summed E-state index contributed by atoms with van der Waals surface area (Å²) in [6, 6.07) is 4.39. The summed E-state index contributed by atoms with van der Waals surface area (Å²) in [6.45, 7) is 1.52. The van der Waals surface area contributed by atoms with E-state index in [0.29, 0.717) is 5.56 Å². The van der Waals surface area contributed by atoms with Crippen LogP contribution in [0, 0.1) is 0 Å². The second-order valence-corrected chi connectivity index (χ2v) is 4.56. The number of hydrogen-bond donors (Lipinski definition) is 3. The lowest BCUT2D eigenvalue weighted by Crippen LogP contribution is -2.40. The number of rotatable bonds is 3. The number of carbonyl (C=O) groups excluding carboxylic acids is 1. The predicted molar refractivity (Wildman–Crippen MR) is 67.8 cm³/mol. The predicted octanol–water partition coefficient (Wildman–Crippen LogP) is 0.922. The minimum atomic E-state index is -0.259. The first kappa shape index (κ1) is 12.7. The van der Waals surface area contributed by atoms with Gasteiger partial charge in [-0.2, -0.15) is 0 Å². The van der Waals surface area contributed by atoms with Gasteiger partial charge in [0, 0.05) is 24.7 Å². The number of amides is 1. The van der Waals surface area contributed by atoms with Gasteiger partial charge < -0.3 is 20.4 Å². The number of phenolic OH excluding ortho intramolecular Hbond substituents is 2. The molecule has 98 valence electrons. The van der Waals surface area contributed by atoms with Crippen LogP contribution in [-0.4, -0.2) is 47.2 Å². The Kier molecular flexibility index (Phi) is 3.72. The van der Waals surface area contributed by atoms with Crippen LogP contribution < -0.4 is 5.32 Å². The number of nitrogens with one attached hydrogen (secondary N) is 1. The Labute approximate surface area is 106 Å². The molecule has 1 fully saturated rings. The Morgan fingerprint density at radius 3 is 2.89 bits per heavy atom. The first-order valence-corrected chi connectivity index (χ1v) is 6.11. The summed E-state index contributed by atoms with van der Waals surface area (Å²) >= 11 is 0. The molecule has 18 heavy (non-hydrogen) atoms. The number of carbonyl (C=O) groups is 1. The van der Waals surface area contributed by atoms with Crippen molar-refractivity contribution in [3.63, 3.8) is 0 Å². The highest BCUT2D eigenvalue weighted by Gasteiger charge is 2.29. The molecule has 5 nitrogen and oxygen atoms in total. The molecule has 3 N–H and O–H groups in total. The SMILES string of the molecule is CNCC1CCCN1C(=O)c1ccc(O)c(O)c1. The molecule has 0 radical (unpaired) electrons. The highest BCUT2D eigenvalue weighted by Crippen LogP contribution is 2.27. The molecule has 1 aliphatic rings. The van der Waals surface area contributed by atoms with Crippen molar-refractivity contribution in [1.82, 2.24) is 10.2 Å². The first-order valence-electron chi connectivity index (χ1n) is 6.11. The zero-order chi connectivity index (χ0) is 13.1. The van der Waals surface area contributed by atoms with E-state index in [1.54, 1.807) is 0 Å². The maximum absolute atomic E-state index is 12.3. The fourth-order valence-corrected chi connectivity index (χ4v) is 2.37. The molecule has 0 saturated carbocycles. The van der Waals surface area contributed by atoms with Gasteiger partial charge in [0.2, 0.25) is 0 Å². The van der Waals surface area contributed by atoms with Crippen molar-refractivity contribution >= 4 is 5.91 Å². The van der Waals surface area contributed by atoms with Crippen molar-refractivity contribution in [2.24, 2.45) is 0 Å².